The minimum absolute atomic E-state index is 0.124. The number of carbonyl (C=O) groups excluding carboxylic acids is 3. The number of rotatable bonds is 11. The van der Waals surface area contributed by atoms with Crippen LogP contribution in [-0.4, -0.2) is 45.9 Å². The molecule has 0 aliphatic heterocycles. The second-order valence-electron chi connectivity index (χ2n) is 9.16. The first-order valence-electron chi connectivity index (χ1n) is 12.6. The predicted molar refractivity (Wildman–Crippen MR) is 147 cm³/mol. The molecule has 0 spiro atoms. The van der Waals surface area contributed by atoms with Crippen molar-refractivity contribution in [3.63, 3.8) is 0 Å². The maximum Gasteiger partial charge on any atom is 0.338 e. The maximum absolute atomic E-state index is 14.0. The van der Waals surface area contributed by atoms with Gasteiger partial charge in [0.05, 0.1) is 17.7 Å². The molecule has 2 aromatic heterocycles. The smallest absolute Gasteiger partial charge is 0.338 e. The van der Waals surface area contributed by atoms with E-state index in [-0.39, 0.29) is 25.0 Å². The maximum atomic E-state index is 14.0. The SMILES string of the molecule is CCOC(=O)c1ccc(N(C(=O)Cn2nnc3ccccc32)[C@@H](C(=O)NCCC(C)C)c2cccs2)cc1. The highest BCUT2D eigenvalue weighted by Crippen LogP contribution is 2.31. The van der Waals surface area contributed by atoms with E-state index in [1.807, 2.05) is 41.8 Å². The van der Waals surface area contributed by atoms with E-state index in [9.17, 15) is 14.4 Å². The highest BCUT2D eigenvalue weighted by Gasteiger charge is 2.34. The molecule has 0 unspecified atom stereocenters. The number of thiophene rings is 1. The molecule has 0 fully saturated rings. The molecule has 0 radical (unpaired) electrons. The largest absolute Gasteiger partial charge is 0.462 e. The fourth-order valence-corrected chi connectivity index (χ4v) is 4.86. The van der Waals surface area contributed by atoms with E-state index in [1.165, 1.54) is 20.9 Å². The molecular weight excluding hydrogens is 502 g/mol. The monoisotopic (exact) mass is 533 g/mol. The van der Waals surface area contributed by atoms with Gasteiger partial charge in [-0.1, -0.05) is 37.3 Å². The number of ether oxygens (including phenoxy) is 1. The lowest BCUT2D eigenvalue weighted by molar-refractivity contribution is -0.126. The fraction of sp³-hybridized carbons (Fsp3) is 0.321. The number of para-hydroxylation sites is 1. The van der Waals surface area contributed by atoms with Gasteiger partial charge in [-0.2, -0.15) is 0 Å². The molecule has 0 bridgehead atoms. The first kappa shape index (κ1) is 27.0. The molecule has 9 nitrogen and oxygen atoms in total. The third-order valence-corrected chi connectivity index (χ3v) is 6.90. The third kappa shape index (κ3) is 6.25. The van der Waals surface area contributed by atoms with Gasteiger partial charge in [-0.15, -0.1) is 16.4 Å². The summed E-state index contributed by atoms with van der Waals surface area (Å²) >= 11 is 1.40. The number of anilines is 1. The fourth-order valence-electron chi connectivity index (χ4n) is 4.05. The van der Waals surface area contributed by atoms with Crippen molar-refractivity contribution in [2.75, 3.05) is 18.1 Å². The van der Waals surface area contributed by atoms with Gasteiger partial charge in [0.2, 0.25) is 11.8 Å². The van der Waals surface area contributed by atoms with Crippen LogP contribution in [0.3, 0.4) is 0 Å². The number of aromatic nitrogens is 3. The average Bonchev–Trinajstić information content (AvgIpc) is 3.58. The van der Waals surface area contributed by atoms with Crippen LogP contribution < -0.4 is 10.2 Å². The Bertz CT molecular complexity index is 1380. The second kappa shape index (κ2) is 12.5. The van der Waals surface area contributed by atoms with Crippen molar-refractivity contribution in [1.82, 2.24) is 20.3 Å². The van der Waals surface area contributed by atoms with Crippen LogP contribution >= 0.6 is 11.3 Å². The molecule has 38 heavy (non-hydrogen) atoms. The zero-order chi connectivity index (χ0) is 27.1. The molecule has 1 N–H and O–H groups in total. The number of amides is 2. The van der Waals surface area contributed by atoms with Gasteiger partial charge >= 0.3 is 5.97 Å². The molecule has 2 amide bonds. The van der Waals surface area contributed by atoms with Gasteiger partial charge in [0.25, 0.3) is 0 Å². The normalized spacial score (nSPS) is 11.9. The Morgan fingerprint density at radius 2 is 1.82 bits per heavy atom. The van der Waals surface area contributed by atoms with E-state index in [1.54, 1.807) is 31.2 Å². The van der Waals surface area contributed by atoms with E-state index in [0.717, 1.165) is 11.3 Å². The van der Waals surface area contributed by atoms with E-state index in [4.69, 9.17) is 4.74 Å². The Balaban J connectivity index is 1.72. The van der Waals surface area contributed by atoms with Gasteiger partial charge < -0.3 is 10.1 Å². The lowest BCUT2D eigenvalue weighted by Gasteiger charge is -2.31. The van der Waals surface area contributed by atoms with Gasteiger partial charge in [0.1, 0.15) is 18.1 Å². The molecule has 2 heterocycles. The van der Waals surface area contributed by atoms with Crippen LogP contribution in [0.5, 0.6) is 0 Å². The zero-order valence-electron chi connectivity index (χ0n) is 21.7. The Morgan fingerprint density at radius 3 is 2.50 bits per heavy atom. The Labute approximate surface area is 225 Å². The molecule has 0 aliphatic rings. The van der Waals surface area contributed by atoms with Crippen LogP contribution in [0.1, 0.15) is 48.5 Å². The standard InChI is InChI=1S/C28H31N5O4S/c1-4-37-28(36)20-11-13-21(14-12-20)33(25(34)18-32-23-9-6-5-8-22(23)30-31-32)26(24-10-7-17-38-24)27(35)29-16-15-19(2)3/h5-14,17,19,26H,4,15-16,18H2,1-3H3,(H,29,35)/t26-/m1/s1. The van der Waals surface area contributed by atoms with Crippen LogP contribution in [0.4, 0.5) is 5.69 Å². The summed E-state index contributed by atoms with van der Waals surface area (Å²) in [4.78, 5) is 42.0. The Kier molecular flexibility index (Phi) is 8.85. The van der Waals surface area contributed by atoms with Crippen LogP contribution in [-0.2, 0) is 20.9 Å². The van der Waals surface area contributed by atoms with Crippen molar-refractivity contribution in [3.05, 3.63) is 76.5 Å². The van der Waals surface area contributed by atoms with Crippen molar-refractivity contribution in [2.24, 2.45) is 5.92 Å². The Morgan fingerprint density at radius 1 is 1.05 bits per heavy atom. The molecule has 198 valence electrons. The highest BCUT2D eigenvalue weighted by molar-refractivity contribution is 7.10. The molecule has 4 rings (SSSR count). The van der Waals surface area contributed by atoms with Gasteiger partial charge in [-0.25, -0.2) is 9.48 Å². The first-order chi connectivity index (χ1) is 18.4. The molecular formula is C28H31N5O4S. The molecule has 0 aliphatic carbocycles. The van der Waals surface area contributed by atoms with Crippen LogP contribution in [0.25, 0.3) is 11.0 Å². The molecule has 10 heteroatoms. The summed E-state index contributed by atoms with van der Waals surface area (Å²) in [5, 5.41) is 13.2. The molecule has 4 aromatic rings. The lowest BCUT2D eigenvalue weighted by Crippen LogP contribution is -2.45. The minimum atomic E-state index is -0.905. The van der Waals surface area contributed by atoms with Crippen molar-refractivity contribution in [2.45, 2.75) is 39.8 Å². The molecule has 1 atom stereocenters. The van der Waals surface area contributed by atoms with Gasteiger partial charge in [0.15, 0.2) is 0 Å². The summed E-state index contributed by atoms with van der Waals surface area (Å²) in [6.07, 6.45) is 0.816. The number of hydrogen-bond donors (Lipinski definition) is 1. The van der Waals surface area contributed by atoms with E-state index in [2.05, 4.69) is 29.5 Å². The summed E-state index contributed by atoms with van der Waals surface area (Å²) < 4.78 is 6.62. The van der Waals surface area contributed by atoms with Crippen molar-refractivity contribution >= 4 is 45.8 Å². The number of esters is 1. The minimum Gasteiger partial charge on any atom is -0.462 e. The predicted octanol–water partition coefficient (Wildman–Crippen LogP) is 4.61. The molecule has 2 aromatic carbocycles. The van der Waals surface area contributed by atoms with E-state index >= 15 is 0 Å². The highest BCUT2D eigenvalue weighted by atomic mass is 32.1. The first-order valence-corrected chi connectivity index (χ1v) is 13.5. The number of hydrogen-bond acceptors (Lipinski definition) is 7. The Hall–Kier alpha value is -4.05. The van der Waals surface area contributed by atoms with Crippen molar-refractivity contribution in [3.8, 4) is 0 Å². The third-order valence-electron chi connectivity index (χ3n) is 5.97. The summed E-state index contributed by atoms with van der Waals surface area (Å²) in [6, 6.07) is 16.7. The number of nitrogens with zero attached hydrogens (tertiary/aromatic N) is 4. The summed E-state index contributed by atoms with van der Waals surface area (Å²) in [6.45, 7) is 6.55. The zero-order valence-corrected chi connectivity index (χ0v) is 22.5. The van der Waals surface area contributed by atoms with Crippen molar-refractivity contribution in [1.29, 1.82) is 0 Å². The lowest BCUT2D eigenvalue weighted by atomic mass is 10.1. The summed E-state index contributed by atoms with van der Waals surface area (Å²) in [5.74, 6) is -0.655. The van der Waals surface area contributed by atoms with Crippen LogP contribution in [0.2, 0.25) is 0 Å². The van der Waals surface area contributed by atoms with Gasteiger partial charge in [0, 0.05) is 17.1 Å². The van der Waals surface area contributed by atoms with Crippen LogP contribution in [0.15, 0.2) is 66.0 Å². The second-order valence-corrected chi connectivity index (χ2v) is 10.1. The van der Waals surface area contributed by atoms with Crippen molar-refractivity contribution < 1.29 is 19.1 Å². The van der Waals surface area contributed by atoms with Gasteiger partial charge in [-0.05, 0) is 67.1 Å². The number of carbonyl (C=O) groups is 3. The number of fused-ring (bicyclic) bond motifs is 1. The average molecular weight is 534 g/mol. The number of nitrogens with one attached hydrogen (secondary N) is 1. The van der Waals surface area contributed by atoms with Gasteiger partial charge in [-0.3, -0.25) is 14.5 Å². The summed E-state index contributed by atoms with van der Waals surface area (Å²) in [7, 11) is 0. The van der Waals surface area contributed by atoms with Crippen LogP contribution in [0, 0.1) is 5.92 Å². The van der Waals surface area contributed by atoms with E-state index in [0.29, 0.717) is 34.7 Å². The quantitative estimate of drug-likeness (QED) is 0.282. The number of benzene rings is 2. The van der Waals surface area contributed by atoms with E-state index < -0.39 is 12.0 Å². The molecule has 0 saturated heterocycles. The topological polar surface area (TPSA) is 106 Å². The molecule has 0 saturated carbocycles. The summed E-state index contributed by atoms with van der Waals surface area (Å²) in [5.41, 5.74) is 2.23.